The molecule has 2 heteroatoms. The van der Waals surface area contributed by atoms with Crippen LogP contribution in [0.5, 0.6) is 0 Å². The van der Waals surface area contributed by atoms with Gasteiger partial charge in [-0.05, 0) is 25.3 Å². The van der Waals surface area contributed by atoms with E-state index in [1.54, 1.807) is 0 Å². The normalized spacial score (nSPS) is 23.6. The molecule has 90 valence electrons. The monoisotopic (exact) mass is 212 g/mol. The molecule has 1 aliphatic rings. The van der Waals surface area contributed by atoms with E-state index >= 15 is 0 Å². The number of rotatable bonds is 6. The van der Waals surface area contributed by atoms with Gasteiger partial charge in [0.2, 0.25) is 0 Å². The first-order valence-corrected chi connectivity index (χ1v) is 6.68. The minimum absolute atomic E-state index is 0.736. The molecule has 0 aromatic heterocycles. The lowest BCUT2D eigenvalue weighted by Crippen LogP contribution is -2.51. The number of nitrogens with one attached hydrogen (secondary N) is 1. The van der Waals surface area contributed by atoms with Gasteiger partial charge in [-0.2, -0.15) is 0 Å². The highest BCUT2D eigenvalue weighted by Crippen LogP contribution is 2.10. The SMILES string of the molecule is CCCCCN1CCNC(CC(C)C)C1. The third-order valence-electron chi connectivity index (χ3n) is 3.17. The third-order valence-corrected chi connectivity index (χ3v) is 3.17. The number of nitrogens with zero attached hydrogens (tertiary/aromatic N) is 1. The molecule has 1 N–H and O–H groups in total. The Bertz CT molecular complexity index is 157. The van der Waals surface area contributed by atoms with E-state index in [-0.39, 0.29) is 0 Å². The van der Waals surface area contributed by atoms with Crippen molar-refractivity contribution in [2.24, 2.45) is 5.92 Å². The van der Waals surface area contributed by atoms with Crippen LogP contribution in [-0.4, -0.2) is 37.1 Å². The average Bonchev–Trinajstić information content (AvgIpc) is 2.18. The summed E-state index contributed by atoms with van der Waals surface area (Å²) in [7, 11) is 0. The van der Waals surface area contributed by atoms with Gasteiger partial charge in [-0.25, -0.2) is 0 Å². The second-order valence-corrected chi connectivity index (χ2v) is 5.29. The Morgan fingerprint density at radius 3 is 2.80 bits per heavy atom. The molecule has 1 aliphatic heterocycles. The Morgan fingerprint density at radius 2 is 2.13 bits per heavy atom. The average molecular weight is 212 g/mol. The van der Waals surface area contributed by atoms with Crippen LogP contribution in [0.3, 0.4) is 0 Å². The maximum Gasteiger partial charge on any atom is 0.0197 e. The molecule has 2 nitrogen and oxygen atoms in total. The molecule has 1 rings (SSSR count). The summed E-state index contributed by atoms with van der Waals surface area (Å²) in [5.41, 5.74) is 0. The lowest BCUT2D eigenvalue weighted by atomic mass is 10.0. The van der Waals surface area contributed by atoms with Crippen molar-refractivity contribution in [3.8, 4) is 0 Å². The van der Waals surface area contributed by atoms with E-state index in [0.717, 1.165) is 12.0 Å². The van der Waals surface area contributed by atoms with Crippen molar-refractivity contribution >= 4 is 0 Å². The van der Waals surface area contributed by atoms with Crippen molar-refractivity contribution < 1.29 is 0 Å². The Labute approximate surface area is 95.4 Å². The molecule has 0 aromatic carbocycles. The quantitative estimate of drug-likeness (QED) is 0.681. The molecule has 0 aromatic rings. The highest BCUT2D eigenvalue weighted by molar-refractivity contribution is 4.79. The van der Waals surface area contributed by atoms with Crippen molar-refractivity contribution in [1.29, 1.82) is 0 Å². The molecule has 0 saturated carbocycles. The summed E-state index contributed by atoms with van der Waals surface area (Å²) in [6.07, 6.45) is 5.43. The van der Waals surface area contributed by atoms with Crippen molar-refractivity contribution in [2.45, 2.75) is 52.5 Å². The molecular formula is C13H28N2. The summed E-state index contributed by atoms with van der Waals surface area (Å²) in [5, 5.41) is 3.63. The minimum Gasteiger partial charge on any atom is -0.311 e. The van der Waals surface area contributed by atoms with Gasteiger partial charge in [-0.15, -0.1) is 0 Å². The summed E-state index contributed by atoms with van der Waals surface area (Å²) >= 11 is 0. The zero-order valence-electron chi connectivity index (χ0n) is 10.8. The van der Waals surface area contributed by atoms with Crippen LogP contribution in [-0.2, 0) is 0 Å². The van der Waals surface area contributed by atoms with Gasteiger partial charge in [0.15, 0.2) is 0 Å². The van der Waals surface area contributed by atoms with E-state index in [9.17, 15) is 0 Å². The molecule has 15 heavy (non-hydrogen) atoms. The Hall–Kier alpha value is -0.0800. The minimum atomic E-state index is 0.736. The Kier molecular flexibility index (Phi) is 6.26. The van der Waals surface area contributed by atoms with Gasteiger partial charge in [-0.1, -0.05) is 33.6 Å². The first kappa shape index (κ1) is 13.0. The number of hydrogen-bond donors (Lipinski definition) is 1. The van der Waals surface area contributed by atoms with E-state index in [2.05, 4.69) is 31.0 Å². The van der Waals surface area contributed by atoms with E-state index in [1.165, 1.54) is 51.9 Å². The van der Waals surface area contributed by atoms with E-state index in [0.29, 0.717) is 0 Å². The fraction of sp³-hybridized carbons (Fsp3) is 1.00. The standard InChI is InChI=1S/C13H28N2/c1-4-5-6-8-15-9-7-14-13(11-15)10-12(2)3/h12-14H,4-11H2,1-3H3. The predicted molar refractivity (Wildman–Crippen MR) is 67.2 cm³/mol. The zero-order chi connectivity index (χ0) is 11.1. The van der Waals surface area contributed by atoms with Crippen LogP contribution in [0.4, 0.5) is 0 Å². The van der Waals surface area contributed by atoms with Crippen LogP contribution in [0.25, 0.3) is 0 Å². The highest BCUT2D eigenvalue weighted by atomic mass is 15.2. The highest BCUT2D eigenvalue weighted by Gasteiger charge is 2.19. The van der Waals surface area contributed by atoms with Crippen LogP contribution >= 0.6 is 0 Å². The number of hydrogen-bond acceptors (Lipinski definition) is 2. The molecule has 1 unspecified atom stereocenters. The van der Waals surface area contributed by atoms with Gasteiger partial charge in [0.1, 0.15) is 0 Å². The fourth-order valence-corrected chi connectivity index (χ4v) is 2.41. The topological polar surface area (TPSA) is 15.3 Å². The van der Waals surface area contributed by atoms with Gasteiger partial charge in [0, 0.05) is 25.7 Å². The number of unbranched alkanes of at least 4 members (excludes halogenated alkanes) is 2. The van der Waals surface area contributed by atoms with Crippen LogP contribution < -0.4 is 5.32 Å². The molecular weight excluding hydrogens is 184 g/mol. The van der Waals surface area contributed by atoms with Crippen LogP contribution in [0, 0.1) is 5.92 Å². The lowest BCUT2D eigenvalue weighted by molar-refractivity contribution is 0.184. The van der Waals surface area contributed by atoms with Crippen LogP contribution in [0.15, 0.2) is 0 Å². The summed E-state index contributed by atoms with van der Waals surface area (Å²) < 4.78 is 0. The van der Waals surface area contributed by atoms with Gasteiger partial charge < -0.3 is 10.2 Å². The summed E-state index contributed by atoms with van der Waals surface area (Å²) in [6.45, 7) is 11.9. The maximum atomic E-state index is 3.63. The fourth-order valence-electron chi connectivity index (χ4n) is 2.41. The summed E-state index contributed by atoms with van der Waals surface area (Å²) in [6, 6.07) is 0.736. The zero-order valence-corrected chi connectivity index (χ0v) is 10.8. The largest absolute Gasteiger partial charge is 0.311 e. The summed E-state index contributed by atoms with van der Waals surface area (Å²) in [5.74, 6) is 0.818. The smallest absolute Gasteiger partial charge is 0.0197 e. The first-order chi connectivity index (χ1) is 7.22. The molecule has 0 amide bonds. The Balaban J connectivity index is 2.17. The molecule has 0 radical (unpaired) electrons. The molecule has 0 bridgehead atoms. The maximum absolute atomic E-state index is 3.63. The van der Waals surface area contributed by atoms with Crippen LogP contribution in [0.1, 0.15) is 46.5 Å². The van der Waals surface area contributed by atoms with E-state index in [1.807, 2.05) is 0 Å². The van der Waals surface area contributed by atoms with Gasteiger partial charge in [0.05, 0.1) is 0 Å². The molecule has 0 aliphatic carbocycles. The van der Waals surface area contributed by atoms with Crippen LogP contribution in [0.2, 0.25) is 0 Å². The van der Waals surface area contributed by atoms with Crippen molar-refractivity contribution in [3.63, 3.8) is 0 Å². The Morgan fingerprint density at radius 1 is 1.33 bits per heavy atom. The van der Waals surface area contributed by atoms with Gasteiger partial charge >= 0.3 is 0 Å². The van der Waals surface area contributed by atoms with Crippen molar-refractivity contribution in [2.75, 3.05) is 26.2 Å². The molecule has 1 fully saturated rings. The molecule has 0 spiro atoms. The first-order valence-electron chi connectivity index (χ1n) is 6.68. The molecule has 1 atom stereocenters. The molecule has 1 saturated heterocycles. The second kappa shape index (κ2) is 7.24. The van der Waals surface area contributed by atoms with E-state index in [4.69, 9.17) is 0 Å². The number of piperazine rings is 1. The van der Waals surface area contributed by atoms with Gasteiger partial charge in [0.25, 0.3) is 0 Å². The van der Waals surface area contributed by atoms with Gasteiger partial charge in [-0.3, -0.25) is 0 Å². The van der Waals surface area contributed by atoms with Crippen molar-refractivity contribution in [3.05, 3.63) is 0 Å². The summed E-state index contributed by atoms with van der Waals surface area (Å²) in [4.78, 5) is 2.64. The lowest BCUT2D eigenvalue weighted by Gasteiger charge is -2.34. The third kappa shape index (κ3) is 5.53. The van der Waals surface area contributed by atoms with Crippen molar-refractivity contribution in [1.82, 2.24) is 10.2 Å². The second-order valence-electron chi connectivity index (χ2n) is 5.29. The predicted octanol–water partition coefficient (Wildman–Crippen LogP) is 2.50. The van der Waals surface area contributed by atoms with E-state index < -0.39 is 0 Å². The molecule has 1 heterocycles.